The lowest BCUT2D eigenvalue weighted by atomic mass is 10.3. The third kappa shape index (κ3) is 1.81. The van der Waals surface area contributed by atoms with Crippen molar-refractivity contribution >= 4 is 11.0 Å². The maximum atomic E-state index is 10.4. The minimum atomic E-state index is -0.306. The van der Waals surface area contributed by atoms with Crippen molar-refractivity contribution in [3.63, 3.8) is 0 Å². The molecule has 0 fully saturated rings. The first-order valence-electron chi connectivity index (χ1n) is 4.72. The summed E-state index contributed by atoms with van der Waals surface area (Å²) in [6.45, 7) is 1.73. The van der Waals surface area contributed by atoms with Gasteiger partial charge in [-0.05, 0) is 19.1 Å². The second-order valence-electron chi connectivity index (χ2n) is 3.50. The van der Waals surface area contributed by atoms with Gasteiger partial charge in [0.2, 0.25) is 6.54 Å². The number of hydrogen-bond acceptors (Lipinski definition) is 3. The average Bonchev–Trinajstić information content (AvgIpc) is 2.59. The highest BCUT2D eigenvalue weighted by atomic mass is 16.6. The summed E-state index contributed by atoms with van der Waals surface area (Å²) in [6, 6.07) is 7.44. The van der Waals surface area contributed by atoms with Crippen LogP contribution in [0.25, 0.3) is 11.0 Å². The summed E-state index contributed by atoms with van der Waals surface area (Å²) in [4.78, 5) is 14.3. The summed E-state index contributed by atoms with van der Waals surface area (Å²) in [6.07, 6.45) is 1.65. The maximum absolute atomic E-state index is 10.4. The minimum absolute atomic E-state index is 0.0830. The van der Waals surface area contributed by atoms with Crippen molar-refractivity contribution in [1.82, 2.24) is 9.55 Å². The number of rotatable bonds is 3. The largest absolute Gasteiger partial charge is 0.321 e. The van der Waals surface area contributed by atoms with E-state index in [1.165, 1.54) is 0 Å². The highest BCUT2D eigenvalue weighted by molar-refractivity contribution is 5.75. The summed E-state index contributed by atoms with van der Waals surface area (Å²) in [5.74, 6) is 0. The number of fused-ring (bicyclic) bond motifs is 1. The van der Waals surface area contributed by atoms with E-state index in [-0.39, 0.29) is 17.5 Å². The first-order valence-corrected chi connectivity index (χ1v) is 4.72. The Kier molecular flexibility index (Phi) is 2.37. The zero-order valence-electron chi connectivity index (χ0n) is 8.33. The summed E-state index contributed by atoms with van der Waals surface area (Å²) in [7, 11) is 0. The van der Waals surface area contributed by atoms with Crippen molar-refractivity contribution in [3.8, 4) is 0 Å². The number of imidazole rings is 1. The number of benzene rings is 1. The lowest BCUT2D eigenvalue weighted by molar-refractivity contribution is -0.485. The van der Waals surface area contributed by atoms with Crippen LogP contribution in [0, 0.1) is 10.1 Å². The van der Waals surface area contributed by atoms with E-state index in [9.17, 15) is 10.1 Å². The van der Waals surface area contributed by atoms with Crippen molar-refractivity contribution < 1.29 is 4.92 Å². The van der Waals surface area contributed by atoms with Crippen LogP contribution in [0.2, 0.25) is 0 Å². The van der Waals surface area contributed by atoms with E-state index in [0.29, 0.717) is 0 Å². The molecule has 1 unspecified atom stereocenters. The van der Waals surface area contributed by atoms with Gasteiger partial charge in [-0.1, -0.05) is 12.1 Å². The second-order valence-corrected chi connectivity index (χ2v) is 3.50. The smallest absolute Gasteiger partial charge is 0.224 e. The predicted molar refractivity (Wildman–Crippen MR) is 56.3 cm³/mol. The number of para-hydroxylation sites is 2. The molecule has 0 N–H and O–H groups in total. The molecular weight excluding hydrogens is 194 g/mol. The fourth-order valence-electron chi connectivity index (χ4n) is 1.63. The van der Waals surface area contributed by atoms with Crippen LogP contribution in [0.5, 0.6) is 0 Å². The standard InChI is InChI=1S/C10H11N3O2/c1-8(6-13(14)15)12-7-11-9-4-2-3-5-10(9)12/h2-5,7-8H,6H2,1H3. The van der Waals surface area contributed by atoms with Crippen LogP contribution in [-0.2, 0) is 0 Å². The topological polar surface area (TPSA) is 61.0 Å². The molecule has 2 aromatic rings. The maximum Gasteiger partial charge on any atom is 0.224 e. The molecule has 2 rings (SSSR count). The van der Waals surface area contributed by atoms with Gasteiger partial charge in [-0.25, -0.2) is 4.98 Å². The Morgan fingerprint density at radius 1 is 1.53 bits per heavy atom. The molecule has 78 valence electrons. The molecule has 0 radical (unpaired) electrons. The molecule has 0 spiro atoms. The van der Waals surface area contributed by atoms with Gasteiger partial charge in [0.15, 0.2) is 0 Å². The molecule has 0 saturated carbocycles. The molecule has 0 aliphatic rings. The molecular formula is C10H11N3O2. The number of aromatic nitrogens is 2. The number of nitro groups is 1. The van der Waals surface area contributed by atoms with E-state index >= 15 is 0 Å². The second kappa shape index (κ2) is 3.68. The van der Waals surface area contributed by atoms with Crippen molar-refractivity contribution in [2.24, 2.45) is 0 Å². The van der Waals surface area contributed by atoms with E-state index in [4.69, 9.17) is 0 Å². The highest BCUT2D eigenvalue weighted by Crippen LogP contribution is 2.16. The van der Waals surface area contributed by atoms with Crippen LogP contribution in [0.15, 0.2) is 30.6 Å². The predicted octanol–water partition coefficient (Wildman–Crippen LogP) is 1.87. The molecule has 5 heteroatoms. The van der Waals surface area contributed by atoms with Gasteiger partial charge >= 0.3 is 0 Å². The molecule has 0 aliphatic heterocycles. The molecule has 0 bridgehead atoms. The normalized spacial score (nSPS) is 12.9. The van der Waals surface area contributed by atoms with E-state index < -0.39 is 0 Å². The summed E-state index contributed by atoms with van der Waals surface area (Å²) >= 11 is 0. The molecule has 0 amide bonds. The van der Waals surface area contributed by atoms with Crippen molar-refractivity contribution in [1.29, 1.82) is 0 Å². The van der Waals surface area contributed by atoms with Gasteiger partial charge in [-0.15, -0.1) is 0 Å². The quantitative estimate of drug-likeness (QED) is 0.567. The Hall–Kier alpha value is -1.91. The number of hydrogen-bond donors (Lipinski definition) is 0. The van der Waals surface area contributed by atoms with Gasteiger partial charge in [0.1, 0.15) is 0 Å². The van der Waals surface area contributed by atoms with Crippen LogP contribution in [0.4, 0.5) is 0 Å². The summed E-state index contributed by atoms with van der Waals surface area (Å²) in [5.41, 5.74) is 1.81. The fourth-order valence-corrected chi connectivity index (χ4v) is 1.63. The molecule has 1 atom stereocenters. The van der Waals surface area contributed by atoms with Crippen LogP contribution < -0.4 is 0 Å². The summed E-state index contributed by atoms with van der Waals surface area (Å²) < 4.78 is 1.83. The zero-order chi connectivity index (χ0) is 10.8. The van der Waals surface area contributed by atoms with Gasteiger partial charge in [0.25, 0.3) is 0 Å². The monoisotopic (exact) mass is 205 g/mol. The van der Waals surface area contributed by atoms with Gasteiger partial charge in [0.05, 0.1) is 23.4 Å². The molecule has 1 aromatic carbocycles. The Balaban J connectivity index is 2.39. The molecule has 5 nitrogen and oxygen atoms in total. The van der Waals surface area contributed by atoms with Crippen molar-refractivity contribution in [3.05, 3.63) is 40.7 Å². The Labute approximate surface area is 86.5 Å². The van der Waals surface area contributed by atoms with E-state index in [1.54, 1.807) is 6.33 Å². The Morgan fingerprint density at radius 3 is 3.00 bits per heavy atom. The van der Waals surface area contributed by atoms with Gasteiger partial charge in [-0.3, -0.25) is 10.1 Å². The molecule has 15 heavy (non-hydrogen) atoms. The van der Waals surface area contributed by atoms with Gasteiger partial charge in [-0.2, -0.15) is 0 Å². The minimum Gasteiger partial charge on any atom is -0.321 e. The van der Waals surface area contributed by atoms with Gasteiger partial charge in [0, 0.05) is 4.92 Å². The third-order valence-electron chi connectivity index (χ3n) is 2.37. The van der Waals surface area contributed by atoms with Gasteiger partial charge < -0.3 is 4.57 Å². The highest BCUT2D eigenvalue weighted by Gasteiger charge is 2.13. The van der Waals surface area contributed by atoms with E-state index in [0.717, 1.165) is 11.0 Å². The van der Waals surface area contributed by atoms with E-state index in [2.05, 4.69) is 4.98 Å². The first kappa shape index (κ1) is 9.64. The number of nitrogens with zero attached hydrogens (tertiary/aromatic N) is 3. The first-order chi connectivity index (χ1) is 7.18. The fraction of sp³-hybridized carbons (Fsp3) is 0.300. The lowest BCUT2D eigenvalue weighted by Crippen LogP contribution is -2.15. The lowest BCUT2D eigenvalue weighted by Gasteiger charge is -2.09. The van der Waals surface area contributed by atoms with Crippen LogP contribution >= 0.6 is 0 Å². The van der Waals surface area contributed by atoms with Crippen LogP contribution in [0.1, 0.15) is 13.0 Å². The van der Waals surface area contributed by atoms with Crippen molar-refractivity contribution in [2.75, 3.05) is 6.54 Å². The molecule has 0 aliphatic carbocycles. The molecule has 1 aromatic heterocycles. The van der Waals surface area contributed by atoms with Crippen molar-refractivity contribution in [2.45, 2.75) is 13.0 Å². The molecule has 0 saturated heterocycles. The Morgan fingerprint density at radius 2 is 2.27 bits per heavy atom. The van der Waals surface area contributed by atoms with Crippen LogP contribution in [-0.4, -0.2) is 21.0 Å². The molecule has 1 heterocycles. The zero-order valence-corrected chi connectivity index (χ0v) is 8.33. The average molecular weight is 205 g/mol. The third-order valence-corrected chi connectivity index (χ3v) is 2.37. The van der Waals surface area contributed by atoms with Crippen LogP contribution in [0.3, 0.4) is 0 Å². The SMILES string of the molecule is CC(C[N+](=O)[O-])n1cnc2ccccc21. The summed E-state index contributed by atoms with van der Waals surface area (Å²) in [5, 5.41) is 10.4. The van der Waals surface area contributed by atoms with E-state index in [1.807, 2.05) is 35.8 Å². The Bertz CT molecular complexity index is 492.